The van der Waals surface area contributed by atoms with Crippen LogP contribution in [0.25, 0.3) is 0 Å². The summed E-state index contributed by atoms with van der Waals surface area (Å²) >= 11 is 0. The highest BCUT2D eigenvalue weighted by Crippen LogP contribution is 2.61. The summed E-state index contributed by atoms with van der Waals surface area (Å²) in [5.74, 6) is 3.00. The molecule has 1 aliphatic heterocycles. The SMILES string of the molecule is O=C(CC12CC3CC(CC(C3)C1)C2)NCC1Cc2ccccc2CO1. The summed E-state index contributed by atoms with van der Waals surface area (Å²) in [7, 11) is 0. The molecule has 3 nitrogen and oxygen atoms in total. The molecule has 1 N–H and O–H groups in total. The Labute approximate surface area is 150 Å². The summed E-state index contributed by atoms with van der Waals surface area (Å²) < 4.78 is 5.93. The van der Waals surface area contributed by atoms with Crippen molar-refractivity contribution in [3.05, 3.63) is 35.4 Å². The first-order chi connectivity index (χ1) is 12.2. The third kappa shape index (κ3) is 3.12. The van der Waals surface area contributed by atoms with Crippen molar-refractivity contribution in [2.45, 2.75) is 64.1 Å². The second kappa shape index (κ2) is 6.12. The quantitative estimate of drug-likeness (QED) is 0.905. The summed E-state index contributed by atoms with van der Waals surface area (Å²) in [6.45, 7) is 1.32. The van der Waals surface area contributed by atoms with Crippen LogP contribution in [0.4, 0.5) is 0 Å². The highest BCUT2D eigenvalue weighted by molar-refractivity contribution is 5.76. The largest absolute Gasteiger partial charge is 0.371 e. The van der Waals surface area contributed by atoms with Crippen LogP contribution < -0.4 is 5.32 Å². The smallest absolute Gasteiger partial charge is 0.220 e. The van der Waals surface area contributed by atoms with Crippen LogP contribution >= 0.6 is 0 Å². The van der Waals surface area contributed by atoms with E-state index in [9.17, 15) is 4.79 Å². The van der Waals surface area contributed by atoms with E-state index in [0.717, 1.165) is 30.6 Å². The second-order valence-electron chi connectivity index (χ2n) is 9.30. The summed E-state index contributed by atoms with van der Waals surface area (Å²) in [6.07, 6.45) is 10.0. The number of benzene rings is 1. The molecule has 4 fully saturated rings. The average molecular weight is 339 g/mol. The lowest BCUT2D eigenvalue weighted by molar-refractivity contribution is -0.130. The molecule has 1 heterocycles. The Kier molecular flexibility index (Phi) is 3.89. The van der Waals surface area contributed by atoms with Crippen LogP contribution in [0.15, 0.2) is 24.3 Å². The number of carbonyl (C=O) groups is 1. The van der Waals surface area contributed by atoms with Crippen molar-refractivity contribution in [1.29, 1.82) is 0 Å². The normalized spacial score (nSPS) is 38.4. The maximum atomic E-state index is 12.6. The number of hydrogen-bond donors (Lipinski definition) is 1. The molecule has 3 heteroatoms. The summed E-state index contributed by atoms with van der Waals surface area (Å²) in [4.78, 5) is 12.6. The van der Waals surface area contributed by atoms with E-state index >= 15 is 0 Å². The number of nitrogens with one attached hydrogen (secondary N) is 1. The van der Waals surface area contributed by atoms with Gasteiger partial charge in [-0.2, -0.15) is 0 Å². The third-order valence-electron chi connectivity index (χ3n) is 7.27. The number of fused-ring (bicyclic) bond motifs is 1. The molecule has 134 valence electrons. The Morgan fingerprint density at radius 1 is 1.04 bits per heavy atom. The molecular weight excluding hydrogens is 310 g/mol. The Hall–Kier alpha value is -1.35. The maximum Gasteiger partial charge on any atom is 0.220 e. The molecule has 1 amide bonds. The Morgan fingerprint density at radius 3 is 2.36 bits per heavy atom. The third-order valence-corrected chi connectivity index (χ3v) is 7.27. The first-order valence-electron chi connectivity index (χ1n) is 10.1. The number of rotatable bonds is 4. The van der Waals surface area contributed by atoms with Gasteiger partial charge in [0.15, 0.2) is 0 Å². The van der Waals surface area contributed by atoms with Gasteiger partial charge in [-0.15, -0.1) is 0 Å². The first-order valence-corrected chi connectivity index (χ1v) is 10.1. The Morgan fingerprint density at radius 2 is 1.68 bits per heavy atom. The van der Waals surface area contributed by atoms with E-state index in [0.29, 0.717) is 18.6 Å². The fourth-order valence-corrected chi connectivity index (χ4v) is 6.68. The van der Waals surface area contributed by atoms with Gasteiger partial charge in [0.2, 0.25) is 5.91 Å². The zero-order valence-electron chi connectivity index (χ0n) is 15.0. The zero-order valence-corrected chi connectivity index (χ0v) is 15.0. The Balaban J connectivity index is 1.16. The Bertz CT molecular complexity index is 632. The van der Waals surface area contributed by atoms with Crippen LogP contribution in [-0.2, 0) is 22.6 Å². The number of ether oxygens (including phenoxy) is 1. The number of carbonyl (C=O) groups excluding carboxylic acids is 1. The van der Waals surface area contributed by atoms with E-state index in [4.69, 9.17) is 4.74 Å². The van der Waals surface area contributed by atoms with Crippen molar-refractivity contribution < 1.29 is 9.53 Å². The molecule has 1 aromatic rings. The van der Waals surface area contributed by atoms with Crippen molar-refractivity contribution in [3.8, 4) is 0 Å². The van der Waals surface area contributed by atoms with Gasteiger partial charge in [0.05, 0.1) is 12.7 Å². The van der Waals surface area contributed by atoms with Crippen LogP contribution in [0.2, 0.25) is 0 Å². The molecule has 4 saturated carbocycles. The van der Waals surface area contributed by atoms with Gasteiger partial charge >= 0.3 is 0 Å². The van der Waals surface area contributed by atoms with Gasteiger partial charge in [0.25, 0.3) is 0 Å². The number of hydrogen-bond acceptors (Lipinski definition) is 2. The van der Waals surface area contributed by atoms with Gasteiger partial charge in [0, 0.05) is 19.4 Å². The van der Waals surface area contributed by atoms with E-state index < -0.39 is 0 Å². The second-order valence-corrected chi connectivity index (χ2v) is 9.30. The molecule has 0 saturated heterocycles. The molecule has 0 aromatic heterocycles. The van der Waals surface area contributed by atoms with Crippen LogP contribution in [0.3, 0.4) is 0 Å². The molecule has 4 aliphatic carbocycles. The lowest BCUT2D eigenvalue weighted by Crippen LogP contribution is -2.48. The molecule has 0 radical (unpaired) electrons. The van der Waals surface area contributed by atoms with Gasteiger partial charge in [-0.1, -0.05) is 24.3 Å². The summed E-state index contributed by atoms with van der Waals surface area (Å²) in [5.41, 5.74) is 2.99. The van der Waals surface area contributed by atoms with Gasteiger partial charge in [-0.25, -0.2) is 0 Å². The van der Waals surface area contributed by atoms with Crippen LogP contribution in [0.1, 0.15) is 56.1 Å². The topological polar surface area (TPSA) is 38.3 Å². The van der Waals surface area contributed by atoms with Gasteiger partial charge < -0.3 is 10.1 Å². The van der Waals surface area contributed by atoms with E-state index in [1.54, 1.807) is 0 Å². The molecule has 1 atom stereocenters. The monoisotopic (exact) mass is 339 g/mol. The molecule has 4 bridgehead atoms. The van der Waals surface area contributed by atoms with Crippen molar-refractivity contribution >= 4 is 5.91 Å². The summed E-state index contributed by atoms with van der Waals surface area (Å²) in [6, 6.07) is 8.47. The standard InChI is InChI=1S/C22H29NO2/c24-21(12-22-9-15-5-16(10-22)7-17(6-15)11-22)23-13-20-8-18-3-1-2-4-19(18)14-25-20/h1-4,15-17,20H,5-14H2,(H,23,24). The first kappa shape index (κ1) is 15.9. The van der Waals surface area contributed by atoms with Crippen LogP contribution in [-0.4, -0.2) is 18.6 Å². The van der Waals surface area contributed by atoms with Crippen LogP contribution in [0.5, 0.6) is 0 Å². The minimum Gasteiger partial charge on any atom is -0.371 e. The fraction of sp³-hybridized carbons (Fsp3) is 0.682. The molecule has 6 rings (SSSR count). The van der Waals surface area contributed by atoms with E-state index in [-0.39, 0.29) is 12.0 Å². The minimum atomic E-state index is 0.121. The average Bonchev–Trinajstić information content (AvgIpc) is 2.58. The minimum absolute atomic E-state index is 0.121. The van der Waals surface area contributed by atoms with Gasteiger partial charge in [-0.05, 0) is 72.8 Å². The lowest BCUT2D eigenvalue weighted by Gasteiger charge is -2.56. The van der Waals surface area contributed by atoms with E-state index in [2.05, 4.69) is 29.6 Å². The molecule has 1 aromatic carbocycles. The molecule has 0 spiro atoms. The molecule has 25 heavy (non-hydrogen) atoms. The molecule has 5 aliphatic rings. The zero-order chi connectivity index (χ0) is 16.9. The predicted molar refractivity (Wildman–Crippen MR) is 97.0 cm³/mol. The lowest BCUT2D eigenvalue weighted by atomic mass is 9.49. The van der Waals surface area contributed by atoms with Crippen molar-refractivity contribution in [1.82, 2.24) is 5.32 Å². The summed E-state index contributed by atoms with van der Waals surface area (Å²) in [5, 5.41) is 3.19. The van der Waals surface area contributed by atoms with Crippen molar-refractivity contribution in [3.63, 3.8) is 0 Å². The van der Waals surface area contributed by atoms with Gasteiger partial charge in [0.1, 0.15) is 0 Å². The van der Waals surface area contributed by atoms with Crippen LogP contribution in [0, 0.1) is 23.2 Å². The molecular formula is C22H29NO2. The highest BCUT2D eigenvalue weighted by atomic mass is 16.5. The van der Waals surface area contributed by atoms with Crippen molar-refractivity contribution in [2.24, 2.45) is 23.2 Å². The van der Waals surface area contributed by atoms with Crippen molar-refractivity contribution in [2.75, 3.05) is 6.54 Å². The predicted octanol–water partition coefficient (Wildman–Crippen LogP) is 3.85. The van der Waals surface area contributed by atoms with E-state index in [1.807, 2.05) is 0 Å². The number of amides is 1. The fourth-order valence-electron chi connectivity index (χ4n) is 6.68. The van der Waals surface area contributed by atoms with E-state index in [1.165, 1.54) is 49.7 Å². The highest BCUT2D eigenvalue weighted by Gasteiger charge is 2.51. The maximum absolute atomic E-state index is 12.6. The van der Waals surface area contributed by atoms with Gasteiger partial charge in [-0.3, -0.25) is 4.79 Å². The molecule has 1 unspecified atom stereocenters.